The Kier molecular flexibility index (Phi) is 4.71. The van der Waals surface area contributed by atoms with E-state index in [9.17, 15) is 13.2 Å². The average molecular weight is 294 g/mol. The van der Waals surface area contributed by atoms with Crippen LogP contribution in [0.3, 0.4) is 0 Å². The van der Waals surface area contributed by atoms with E-state index in [2.05, 4.69) is 5.32 Å². The largest absolute Gasteiger partial charge is 0.411 e. The Hall–Kier alpha value is -0.780. The van der Waals surface area contributed by atoms with Crippen LogP contribution in [0.15, 0.2) is 24.3 Å². The van der Waals surface area contributed by atoms with Gasteiger partial charge < -0.3 is 10.1 Å². The van der Waals surface area contributed by atoms with Crippen molar-refractivity contribution in [3.8, 4) is 0 Å². The van der Waals surface area contributed by atoms with Crippen molar-refractivity contribution in [3.05, 3.63) is 34.9 Å². The molecule has 1 aromatic rings. The van der Waals surface area contributed by atoms with Crippen molar-refractivity contribution >= 4 is 11.6 Å². The number of benzene rings is 1. The summed E-state index contributed by atoms with van der Waals surface area (Å²) in [5, 5.41) is 3.73. The van der Waals surface area contributed by atoms with Gasteiger partial charge in [0.25, 0.3) is 0 Å². The van der Waals surface area contributed by atoms with Gasteiger partial charge in [-0.15, -0.1) is 0 Å². The predicted molar refractivity (Wildman–Crippen MR) is 67.2 cm³/mol. The fourth-order valence-electron chi connectivity index (χ4n) is 1.71. The second kappa shape index (κ2) is 6.11. The van der Waals surface area contributed by atoms with Gasteiger partial charge in [-0.05, 0) is 30.5 Å². The van der Waals surface area contributed by atoms with E-state index in [0.29, 0.717) is 23.2 Å². The van der Waals surface area contributed by atoms with Crippen LogP contribution in [-0.2, 0) is 4.74 Å². The van der Waals surface area contributed by atoms with Crippen molar-refractivity contribution in [2.75, 3.05) is 13.2 Å². The topological polar surface area (TPSA) is 21.3 Å². The minimum Gasteiger partial charge on any atom is -0.363 e. The highest BCUT2D eigenvalue weighted by molar-refractivity contribution is 6.30. The fraction of sp³-hybridized carbons (Fsp3) is 0.538. The SMILES string of the molecule is FC(F)(F)COC(CNC1CC1)c1ccc(Cl)cc1. The summed E-state index contributed by atoms with van der Waals surface area (Å²) in [4.78, 5) is 0. The molecule has 2 rings (SSSR count). The summed E-state index contributed by atoms with van der Waals surface area (Å²) in [5.41, 5.74) is 0.696. The molecular formula is C13H15ClF3NO. The number of hydrogen-bond donors (Lipinski definition) is 1. The van der Waals surface area contributed by atoms with Gasteiger partial charge in [-0.25, -0.2) is 0 Å². The van der Waals surface area contributed by atoms with Crippen molar-refractivity contribution in [1.82, 2.24) is 5.32 Å². The molecule has 1 aromatic carbocycles. The number of nitrogens with one attached hydrogen (secondary N) is 1. The zero-order chi connectivity index (χ0) is 13.9. The van der Waals surface area contributed by atoms with Gasteiger partial charge in [0.2, 0.25) is 0 Å². The maximum Gasteiger partial charge on any atom is 0.411 e. The lowest BCUT2D eigenvalue weighted by molar-refractivity contribution is -0.185. The number of alkyl halides is 3. The molecule has 1 fully saturated rings. The molecule has 0 saturated heterocycles. The number of rotatable bonds is 6. The van der Waals surface area contributed by atoms with Gasteiger partial charge in [-0.3, -0.25) is 0 Å². The van der Waals surface area contributed by atoms with Crippen molar-refractivity contribution in [3.63, 3.8) is 0 Å². The van der Waals surface area contributed by atoms with Crippen LogP contribution in [0.25, 0.3) is 0 Å². The summed E-state index contributed by atoms with van der Waals surface area (Å²) in [6, 6.07) is 7.11. The van der Waals surface area contributed by atoms with E-state index in [0.717, 1.165) is 12.8 Å². The molecule has 0 radical (unpaired) electrons. The second-order valence-corrected chi connectivity index (χ2v) is 5.09. The number of hydrogen-bond acceptors (Lipinski definition) is 2. The Balaban J connectivity index is 1.97. The Labute approximate surface area is 114 Å². The van der Waals surface area contributed by atoms with Crippen molar-refractivity contribution in [1.29, 1.82) is 0 Å². The molecule has 0 amide bonds. The first-order chi connectivity index (χ1) is 8.94. The Morgan fingerprint density at radius 2 is 1.89 bits per heavy atom. The van der Waals surface area contributed by atoms with Gasteiger partial charge in [0.05, 0.1) is 6.10 Å². The molecule has 1 aliphatic rings. The lowest BCUT2D eigenvalue weighted by atomic mass is 10.1. The fourth-order valence-corrected chi connectivity index (χ4v) is 1.83. The Morgan fingerprint density at radius 3 is 2.42 bits per heavy atom. The van der Waals surface area contributed by atoms with Crippen molar-refractivity contribution < 1.29 is 17.9 Å². The minimum atomic E-state index is -4.32. The quantitative estimate of drug-likeness (QED) is 0.863. The van der Waals surface area contributed by atoms with E-state index in [1.165, 1.54) is 0 Å². The zero-order valence-corrected chi connectivity index (χ0v) is 11.0. The Bertz CT molecular complexity index is 403. The van der Waals surface area contributed by atoms with Gasteiger partial charge in [0, 0.05) is 17.6 Å². The summed E-state index contributed by atoms with van der Waals surface area (Å²) in [7, 11) is 0. The monoisotopic (exact) mass is 293 g/mol. The molecule has 1 atom stereocenters. The lowest BCUT2D eigenvalue weighted by Gasteiger charge is -2.20. The first-order valence-electron chi connectivity index (χ1n) is 6.11. The van der Waals surface area contributed by atoms with Crippen LogP contribution in [-0.4, -0.2) is 25.4 Å². The van der Waals surface area contributed by atoms with Crippen LogP contribution in [0.2, 0.25) is 5.02 Å². The highest BCUT2D eigenvalue weighted by Gasteiger charge is 2.30. The molecule has 1 aliphatic carbocycles. The normalized spacial score (nSPS) is 17.5. The van der Waals surface area contributed by atoms with Crippen LogP contribution < -0.4 is 5.32 Å². The second-order valence-electron chi connectivity index (χ2n) is 4.65. The number of halogens is 4. The summed E-state index contributed by atoms with van der Waals surface area (Å²) in [6.45, 7) is -0.866. The van der Waals surface area contributed by atoms with Crippen molar-refractivity contribution in [2.45, 2.75) is 31.2 Å². The first kappa shape index (κ1) is 14.6. The smallest absolute Gasteiger partial charge is 0.363 e. The third kappa shape index (κ3) is 5.38. The van der Waals surface area contributed by atoms with Crippen molar-refractivity contribution in [2.24, 2.45) is 0 Å². The molecule has 0 aromatic heterocycles. The van der Waals surface area contributed by atoms with E-state index in [1.807, 2.05) is 0 Å². The van der Waals surface area contributed by atoms with Crippen LogP contribution in [0, 0.1) is 0 Å². The molecule has 2 nitrogen and oxygen atoms in total. The number of ether oxygens (including phenoxy) is 1. The molecule has 19 heavy (non-hydrogen) atoms. The van der Waals surface area contributed by atoms with Gasteiger partial charge in [-0.2, -0.15) is 13.2 Å². The van der Waals surface area contributed by atoms with E-state index in [-0.39, 0.29) is 0 Å². The summed E-state index contributed by atoms with van der Waals surface area (Å²) >= 11 is 5.77. The predicted octanol–water partition coefficient (Wildman–Crippen LogP) is 3.71. The van der Waals surface area contributed by atoms with E-state index < -0.39 is 18.9 Å². The molecule has 0 bridgehead atoms. The van der Waals surface area contributed by atoms with Crippen LogP contribution in [0.4, 0.5) is 13.2 Å². The molecular weight excluding hydrogens is 279 g/mol. The van der Waals surface area contributed by atoms with Gasteiger partial charge in [0.1, 0.15) is 6.61 Å². The van der Waals surface area contributed by atoms with Gasteiger partial charge in [-0.1, -0.05) is 23.7 Å². The zero-order valence-electron chi connectivity index (χ0n) is 10.2. The average Bonchev–Trinajstić information content (AvgIpc) is 3.13. The molecule has 106 valence electrons. The van der Waals surface area contributed by atoms with Gasteiger partial charge in [0.15, 0.2) is 0 Å². The molecule has 0 spiro atoms. The molecule has 6 heteroatoms. The van der Waals surface area contributed by atoms with Crippen LogP contribution in [0.5, 0.6) is 0 Å². The summed E-state index contributed by atoms with van der Waals surface area (Å²) < 4.78 is 41.7. The third-order valence-corrected chi connectivity index (χ3v) is 3.11. The summed E-state index contributed by atoms with van der Waals surface area (Å²) in [6.07, 6.45) is -2.77. The Morgan fingerprint density at radius 1 is 1.26 bits per heavy atom. The molecule has 0 heterocycles. The molecule has 1 saturated carbocycles. The molecule has 1 unspecified atom stereocenters. The highest BCUT2D eigenvalue weighted by Crippen LogP contribution is 2.25. The molecule has 1 N–H and O–H groups in total. The maximum atomic E-state index is 12.2. The van der Waals surface area contributed by atoms with E-state index in [1.54, 1.807) is 24.3 Å². The van der Waals surface area contributed by atoms with E-state index in [4.69, 9.17) is 16.3 Å². The van der Waals surface area contributed by atoms with Crippen LogP contribution >= 0.6 is 11.6 Å². The van der Waals surface area contributed by atoms with Gasteiger partial charge >= 0.3 is 6.18 Å². The first-order valence-corrected chi connectivity index (χ1v) is 6.49. The van der Waals surface area contributed by atoms with Crippen LogP contribution in [0.1, 0.15) is 24.5 Å². The summed E-state index contributed by atoms with van der Waals surface area (Å²) in [5.74, 6) is 0. The molecule has 0 aliphatic heterocycles. The maximum absolute atomic E-state index is 12.2. The highest BCUT2D eigenvalue weighted by atomic mass is 35.5. The standard InChI is InChI=1S/C13H15ClF3NO/c14-10-3-1-9(2-4-10)12(7-18-11-5-6-11)19-8-13(15,16)17/h1-4,11-12,18H,5-8H2. The lowest BCUT2D eigenvalue weighted by Crippen LogP contribution is -2.28. The minimum absolute atomic E-state index is 0.377. The van der Waals surface area contributed by atoms with E-state index >= 15 is 0 Å². The third-order valence-electron chi connectivity index (χ3n) is 2.86.